The molecule has 0 aromatic heterocycles. The van der Waals surface area contributed by atoms with Gasteiger partial charge in [0.15, 0.2) is 11.5 Å². The Bertz CT molecular complexity index is 648. The predicted molar refractivity (Wildman–Crippen MR) is 84.9 cm³/mol. The van der Waals surface area contributed by atoms with Gasteiger partial charge in [-0.3, -0.25) is 4.57 Å². The molecule has 0 saturated carbocycles. The van der Waals surface area contributed by atoms with Crippen LogP contribution in [0, 0.1) is 0 Å². The summed E-state index contributed by atoms with van der Waals surface area (Å²) < 4.78 is 24.2. The molecule has 0 aliphatic carbocycles. The zero-order chi connectivity index (χ0) is 14.6. The highest BCUT2D eigenvalue weighted by molar-refractivity contribution is 9.10. The van der Waals surface area contributed by atoms with Crippen molar-refractivity contribution in [1.82, 2.24) is 0 Å². The fourth-order valence-electron chi connectivity index (χ4n) is 1.68. The third kappa shape index (κ3) is 3.78. The number of rotatable bonds is 5. The lowest BCUT2D eigenvalue weighted by molar-refractivity contribution is 0.391. The van der Waals surface area contributed by atoms with Crippen LogP contribution in [0.1, 0.15) is 0 Å². The molecular formula is C14H15BrNO3P. The Labute approximate surface area is 126 Å². The van der Waals surface area contributed by atoms with E-state index in [4.69, 9.17) is 9.26 Å². The molecule has 0 aliphatic heterocycles. The van der Waals surface area contributed by atoms with Gasteiger partial charge in [-0.25, -0.2) is 0 Å². The average Bonchev–Trinajstić information content (AvgIpc) is 2.41. The molecule has 2 rings (SSSR count). The van der Waals surface area contributed by atoms with Crippen molar-refractivity contribution in [2.45, 2.75) is 0 Å². The van der Waals surface area contributed by atoms with E-state index in [1.54, 1.807) is 25.3 Å². The largest absolute Gasteiger partial charge is 0.493 e. The molecule has 0 saturated heterocycles. The van der Waals surface area contributed by atoms with Crippen molar-refractivity contribution in [1.29, 1.82) is 0 Å². The minimum absolute atomic E-state index is 0.445. The molecule has 0 unspecified atom stereocenters. The number of halogens is 1. The van der Waals surface area contributed by atoms with Crippen LogP contribution < -0.4 is 14.3 Å². The minimum Gasteiger partial charge on any atom is -0.493 e. The second-order valence-corrected chi connectivity index (χ2v) is 7.13. The molecule has 0 heterocycles. The van der Waals surface area contributed by atoms with Gasteiger partial charge in [-0.2, -0.15) is 0 Å². The summed E-state index contributed by atoms with van der Waals surface area (Å²) >= 11 is 3.40. The highest BCUT2D eigenvalue weighted by atomic mass is 79.9. The number of para-hydroxylation sites is 3. The van der Waals surface area contributed by atoms with Gasteiger partial charge < -0.3 is 14.3 Å². The van der Waals surface area contributed by atoms with Gasteiger partial charge in [-0.1, -0.05) is 24.3 Å². The number of benzene rings is 2. The average molecular weight is 356 g/mol. The van der Waals surface area contributed by atoms with Crippen LogP contribution in [0.2, 0.25) is 0 Å². The van der Waals surface area contributed by atoms with Gasteiger partial charge >= 0.3 is 7.52 Å². The molecule has 2 aromatic rings. The van der Waals surface area contributed by atoms with Gasteiger partial charge in [-0.15, -0.1) is 0 Å². The van der Waals surface area contributed by atoms with Crippen LogP contribution in [-0.4, -0.2) is 13.8 Å². The SMILES string of the molecule is COc1ccccc1O[P@@](C)(=O)Nc1ccccc1Br. The zero-order valence-electron chi connectivity index (χ0n) is 11.2. The van der Waals surface area contributed by atoms with Crippen molar-refractivity contribution in [3.8, 4) is 11.5 Å². The Morgan fingerprint density at radius 1 is 1.05 bits per heavy atom. The van der Waals surface area contributed by atoms with Crippen molar-refractivity contribution >= 4 is 29.1 Å². The standard InChI is InChI=1S/C14H15BrNO3P/c1-18-13-9-5-6-10-14(13)19-20(2,17)16-12-8-4-3-7-11(12)15/h3-10H,1-2H3,(H,16,17)/t20-/m1/s1. The van der Waals surface area contributed by atoms with Crippen LogP contribution in [-0.2, 0) is 4.57 Å². The third-order valence-electron chi connectivity index (χ3n) is 2.54. The van der Waals surface area contributed by atoms with E-state index in [1.807, 2.05) is 30.3 Å². The fourth-order valence-corrected chi connectivity index (χ4v) is 3.42. The summed E-state index contributed by atoms with van der Waals surface area (Å²) in [7, 11) is -1.52. The van der Waals surface area contributed by atoms with Crippen molar-refractivity contribution in [2.75, 3.05) is 18.9 Å². The van der Waals surface area contributed by atoms with Crippen LogP contribution >= 0.6 is 23.4 Å². The Kier molecular flexibility index (Phi) is 4.73. The third-order valence-corrected chi connectivity index (χ3v) is 4.42. The van der Waals surface area contributed by atoms with Crippen LogP contribution in [0.4, 0.5) is 5.69 Å². The molecular weight excluding hydrogens is 341 g/mol. The monoisotopic (exact) mass is 355 g/mol. The normalized spacial score (nSPS) is 13.3. The van der Waals surface area contributed by atoms with E-state index in [9.17, 15) is 4.57 Å². The minimum atomic E-state index is -3.06. The first-order valence-corrected chi connectivity index (χ1v) is 8.81. The maximum Gasteiger partial charge on any atom is 0.338 e. The predicted octanol–water partition coefficient (Wildman–Crippen LogP) is 4.77. The topological polar surface area (TPSA) is 47.6 Å². The molecule has 0 bridgehead atoms. The highest BCUT2D eigenvalue weighted by Crippen LogP contribution is 2.46. The summed E-state index contributed by atoms with van der Waals surface area (Å²) in [6.45, 7) is 1.53. The number of hydrogen-bond acceptors (Lipinski definition) is 3. The number of ether oxygens (including phenoxy) is 1. The fraction of sp³-hybridized carbons (Fsp3) is 0.143. The van der Waals surface area contributed by atoms with Gasteiger partial charge in [0.05, 0.1) is 12.8 Å². The molecule has 6 heteroatoms. The summed E-state index contributed by atoms with van der Waals surface area (Å²) in [5.74, 6) is 0.990. The lowest BCUT2D eigenvalue weighted by Gasteiger charge is -2.19. The smallest absolute Gasteiger partial charge is 0.338 e. The van der Waals surface area contributed by atoms with Gasteiger partial charge in [0.25, 0.3) is 0 Å². The van der Waals surface area contributed by atoms with Gasteiger partial charge in [0.1, 0.15) is 0 Å². The molecule has 0 radical (unpaired) electrons. The second kappa shape index (κ2) is 6.33. The van der Waals surface area contributed by atoms with E-state index < -0.39 is 7.52 Å². The van der Waals surface area contributed by atoms with Crippen LogP contribution in [0.5, 0.6) is 11.5 Å². The van der Waals surface area contributed by atoms with E-state index in [0.717, 1.165) is 4.47 Å². The summed E-state index contributed by atoms with van der Waals surface area (Å²) in [4.78, 5) is 0. The Balaban J connectivity index is 2.19. The summed E-state index contributed by atoms with van der Waals surface area (Å²) in [6, 6.07) is 14.5. The Morgan fingerprint density at radius 2 is 1.65 bits per heavy atom. The van der Waals surface area contributed by atoms with Crippen LogP contribution in [0.15, 0.2) is 53.0 Å². The maximum absolute atomic E-state index is 12.6. The number of hydrogen-bond donors (Lipinski definition) is 1. The Morgan fingerprint density at radius 3 is 2.30 bits per heavy atom. The van der Waals surface area contributed by atoms with Gasteiger partial charge in [-0.05, 0) is 40.2 Å². The molecule has 1 N–H and O–H groups in total. The van der Waals surface area contributed by atoms with E-state index in [-0.39, 0.29) is 0 Å². The van der Waals surface area contributed by atoms with Crippen LogP contribution in [0.25, 0.3) is 0 Å². The van der Waals surface area contributed by atoms with E-state index in [1.165, 1.54) is 6.66 Å². The first kappa shape index (κ1) is 14.9. The highest BCUT2D eigenvalue weighted by Gasteiger charge is 2.20. The summed E-state index contributed by atoms with van der Waals surface area (Å²) in [5, 5.41) is 2.92. The first-order valence-electron chi connectivity index (χ1n) is 5.95. The van der Waals surface area contributed by atoms with Crippen molar-refractivity contribution < 1.29 is 13.8 Å². The number of anilines is 1. The molecule has 4 nitrogen and oxygen atoms in total. The summed E-state index contributed by atoms with van der Waals surface area (Å²) in [6.07, 6.45) is 0. The number of methoxy groups -OCH3 is 1. The second-order valence-electron chi connectivity index (χ2n) is 4.18. The van der Waals surface area contributed by atoms with Crippen molar-refractivity contribution in [3.05, 3.63) is 53.0 Å². The molecule has 0 aliphatic rings. The Hall–Kier alpha value is -1.45. The van der Waals surface area contributed by atoms with E-state index >= 15 is 0 Å². The lowest BCUT2D eigenvalue weighted by Crippen LogP contribution is -2.03. The number of nitrogens with one attached hydrogen (secondary N) is 1. The molecule has 0 spiro atoms. The van der Waals surface area contributed by atoms with E-state index in [2.05, 4.69) is 21.0 Å². The molecule has 0 fully saturated rings. The molecule has 1 atom stereocenters. The van der Waals surface area contributed by atoms with E-state index in [0.29, 0.717) is 17.2 Å². The first-order chi connectivity index (χ1) is 9.52. The van der Waals surface area contributed by atoms with Crippen LogP contribution in [0.3, 0.4) is 0 Å². The quantitative estimate of drug-likeness (QED) is 0.784. The zero-order valence-corrected chi connectivity index (χ0v) is 13.6. The molecule has 20 heavy (non-hydrogen) atoms. The van der Waals surface area contributed by atoms with Gasteiger partial charge in [0, 0.05) is 11.1 Å². The molecule has 106 valence electrons. The van der Waals surface area contributed by atoms with Crippen molar-refractivity contribution in [3.63, 3.8) is 0 Å². The lowest BCUT2D eigenvalue weighted by atomic mass is 10.3. The summed E-state index contributed by atoms with van der Waals surface area (Å²) in [5.41, 5.74) is 0.716. The maximum atomic E-state index is 12.6. The molecule has 0 amide bonds. The van der Waals surface area contributed by atoms with Gasteiger partial charge in [0.2, 0.25) is 0 Å². The van der Waals surface area contributed by atoms with Crippen molar-refractivity contribution in [2.24, 2.45) is 0 Å². The molecule has 2 aromatic carbocycles.